The van der Waals surface area contributed by atoms with E-state index in [4.69, 9.17) is 34.4 Å². The van der Waals surface area contributed by atoms with E-state index in [0.717, 1.165) is 135 Å². The smallest absolute Gasteiger partial charge is 0.233 e. The van der Waals surface area contributed by atoms with Gasteiger partial charge in [0, 0.05) is 140 Å². The van der Waals surface area contributed by atoms with Crippen LogP contribution in [0.2, 0.25) is 0 Å². The van der Waals surface area contributed by atoms with Crippen molar-refractivity contribution in [1.29, 1.82) is 0 Å². The Kier molecular flexibility index (Phi) is 64.1. The van der Waals surface area contributed by atoms with Gasteiger partial charge in [-0.25, -0.2) is 0 Å². The van der Waals surface area contributed by atoms with Gasteiger partial charge in [0.1, 0.15) is 46.3 Å². The van der Waals surface area contributed by atoms with E-state index in [1.165, 1.54) is 0 Å². The molecule has 6 amide bonds. The molecule has 0 aromatic heterocycles. The second kappa shape index (κ2) is 66.8. The van der Waals surface area contributed by atoms with Crippen LogP contribution in [0.3, 0.4) is 0 Å². The van der Waals surface area contributed by atoms with Gasteiger partial charge in [-0.2, -0.15) is 0 Å². The third-order valence-electron chi connectivity index (χ3n) is 17.4. The van der Waals surface area contributed by atoms with Crippen LogP contribution in [0.4, 0.5) is 0 Å². The fourth-order valence-electron chi connectivity index (χ4n) is 11.1. The maximum Gasteiger partial charge on any atom is 0.233 e. The fraction of sp³-hybridized carbons (Fsp3) is 0.808. The lowest BCUT2D eigenvalue weighted by Crippen LogP contribution is -2.33. The Morgan fingerprint density at radius 2 is 0.520 bits per heavy atom. The first-order chi connectivity index (χ1) is 47.2. The Hall–Kier alpha value is -6.02. The Morgan fingerprint density at radius 1 is 0.255 bits per heavy atom. The lowest BCUT2D eigenvalue weighted by molar-refractivity contribution is -0.129. The summed E-state index contributed by atoms with van der Waals surface area (Å²) in [6, 6.07) is 0. The first-order valence-electron chi connectivity index (χ1n) is 37.4. The molecule has 25 heteroatoms. The molecule has 0 rings (SSSR count). The molecule has 0 spiro atoms. The molecule has 0 aliphatic carbocycles. The van der Waals surface area contributed by atoms with Crippen LogP contribution in [0.5, 0.6) is 0 Å². The number of nitrogens with two attached hydrogens (primary N) is 6. The van der Waals surface area contributed by atoms with E-state index >= 15 is 0 Å². The van der Waals surface area contributed by atoms with Gasteiger partial charge in [-0.05, 0) is 116 Å². The van der Waals surface area contributed by atoms with Gasteiger partial charge in [0.15, 0.2) is 0 Å². The second-order valence-electron chi connectivity index (χ2n) is 26.2. The summed E-state index contributed by atoms with van der Waals surface area (Å²) >= 11 is 0. The molecule has 0 aromatic rings. The molecular weight excluding hydrogens is 1250 g/mol. The maximum atomic E-state index is 13.5. The van der Waals surface area contributed by atoms with Gasteiger partial charge in [-0.15, -0.1) is 0 Å². The summed E-state index contributed by atoms with van der Waals surface area (Å²) in [5.74, 6) is -1.82. The van der Waals surface area contributed by atoms with Crippen molar-refractivity contribution < 1.29 is 67.1 Å². The van der Waals surface area contributed by atoms with Crippen molar-refractivity contribution in [3.8, 4) is 0 Å². The SMILES string of the molecule is CCC(=O)CCCCCCC(=O)C(CCCCNC(=O)C(CCCCNC(=O)CCCCCNC(=O)CN)CC(=O)CCCCCCC(=O)CN)CC(=O)CCCCCCC(=O)CN.NCC(=O)CCCCCCC(=O)CC(CCCCNC(=O)CCCCCNC(=O)CN)C(N)=O. The molecule has 0 bridgehead atoms. The highest BCUT2D eigenvalue weighted by Crippen LogP contribution is 2.22. The molecule has 0 aromatic carbocycles. The van der Waals surface area contributed by atoms with Crippen LogP contribution in [-0.4, -0.2) is 147 Å². The number of rotatable bonds is 70. The summed E-state index contributed by atoms with van der Waals surface area (Å²) in [4.78, 5) is 169. The van der Waals surface area contributed by atoms with E-state index in [-0.39, 0.29) is 134 Å². The van der Waals surface area contributed by atoms with Crippen LogP contribution in [0.15, 0.2) is 0 Å². The molecule has 0 radical (unpaired) electrons. The predicted molar refractivity (Wildman–Crippen MR) is 383 cm³/mol. The highest BCUT2D eigenvalue weighted by molar-refractivity contribution is 5.89. The molecule has 0 saturated carbocycles. The summed E-state index contributed by atoms with van der Waals surface area (Å²) in [5, 5.41) is 14.2. The minimum absolute atomic E-state index is 0.0139. The van der Waals surface area contributed by atoms with Gasteiger partial charge in [-0.1, -0.05) is 90.4 Å². The lowest BCUT2D eigenvalue weighted by atomic mass is 9.88. The number of carbonyl (C=O) groups is 14. The van der Waals surface area contributed by atoms with E-state index in [9.17, 15) is 67.1 Å². The number of unbranched alkanes of at least 4 members (excludes halogenated alkanes) is 19. The number of amides is 6. The highest BCUT2D eigenvalue weighted by Gasteiger charge is 2.24. The second-order valence-corrected chi connectivity index (χ2v) is 26.2. The third kappa shape index (κ3) is 61.1. The maximum absolute atomic E-state index is 13.5. The Balaban J connectivity index is 0. The summed E-state index contributed by atoms with van der Waals surface area (Å²) in [7, 11) is 0. The fourth-order valence-corrected chi connectivity index (χ4v) is 11.1. The van der Waals surface area contributed by atoms with Crippen molar-refractivity contribution in [3.63, 3.8) is 0 Å². The van der Waals surface area contributed by atoms with Gasteiger partial charge in [0.05, 0.1) is 32.7 Å². The van der Waals surface area contributed by atoms with Crippen molar-refractivity contribution in [1.82, 2.24) is 26.6 Å². The van der Waals surface area contributed by atoms with Crippen molar-refractivity contribution in [2.24, 2.45) is 52.2 Å². The predicted octanol–water partition coefficient (Wildman–Crippen LogP) is 6.81. The van der Waals surface area contributed by atoms with Gasteiger partial charge in [0.2, 0.25) is 35.4 Å². The zero-order chi connectivity index (χ0) is 73.2. The van der Waals surface area contributed by atoms with E-state index in [1.54, 1.807) is 0 Å². The molecule has 98 heavy (non-hydrogen) atoms. The summed E-state index contributed by atoms with van der Waals surface area (Å²) in [5.41, 5.74) is 32.0. The van der Waals surface area contributed by atoms with E-state index in [2.05, 4.69) is 26.6 Å². The van der Waals surface area contributed by atoms with Crippen LogP contribution in [0.1, 0.15) is 296 Å². The standard InChI is InChI=1S/C49H88N6O9.C24H45N5O5/c1-2-41(56)24-10-7-8-15-29-46(61)39(34-42(57)25-11-3-5-13-27-44(59)36-50)22-17-21-33-55-49(64)40(35-43(58)26-12-4-6-14-28-45(60)37-51)23-18-20-32-53-47(62)30-16-9-19-31-54-48(63)38-52;25-17-21(31)12-5-2-1-4-11-20(30)16-19(24(27)34)10-7-9-15-28-22(32)13-6-3-8-14-29-23(33)18-26/h39-40H,2-38,50-52H2,1H3,(H,53,62)(H,54,63)(H,55,64);19H,1-18,25-26H2,(H2,27,34)(H,28,32)(H,29,33). The molecule has 3 atom stereocenters. The van der Waals surface area contributed by atoms with Crippen LogP contribution < -0.4 is 61.0 Å². The molecule has 3 unspecified atom stereocenters. The quantitative estimate of drug-likeness (QED) is 0.0279. The van der Waals surface area contributed by atoms with Gasteiger partial charge < -0.3 is 61.0 Å². The number of hydrogen-bond acceptors (Lipinski definition) is 19. The molecule has 0 aliphatic rings. The molecule has 0 saturated heterocycles. The van der Waals surface area contributed by atoms with Crippen molar-refractivity contribution in [2.45, 2.75) is 296 Å². The summed E-state index contributed by atoms with van der Waals surface area (Å²) in [6.07, 6.45) is 28.6. The monoisotopic (exact) mass is 1390 g/mol. The average molecular weight is 1390 g/mol. The number of nitrogens with one attached hydrogen (secondary N) is 5. The zero-order valence-corrected chi connectivity index (χ0v) is 60.3. The Bertz CT molecular complexity index is 2270. The molecule has 0 heterocycles. The van der Waals surface area contributed by atoms with Crippen LogP contribution in [0, 0.1) is 17.8 Å². The molecule has 17 N–H and O–H groups in total. The number of hydrogen-bond donors (Lipinski definition) is 11. The van der Waals surface area contributed by atoms with E-state index in [1.807, 2.05) is 6.92 Å². The van der Waals surface area contributed by atoms with E-state index in [0.29, 0.717) is 168 Å². The molecule has 25 nitrogen and oxygen atoms in total. The van der Waals surface area contributed by atoms with Gasteiger partial charge in [0.25, 0.3) is 0 Å². The molecule has 564 valence electrons. The van der Waals surface area contributed by atoms with Crippen molar-refractivity contribution in [2.75, 3.05) is 65.4 Å². The Morgan fingerprint density at radius 3 is 0.867 bits per heavy atom. The van der Waals surface area contributed by atoms with Crippen molar-refractivity contribution in [3.05, 3.63) is 0 Å². The largest absolute Gasteiger partial charge is 0.369 e. The van der Waals surface area contributed by atoms with Gasteiger partial charge in [-0.3, -0.25) is 67.1 Å². The number of carbonyl (C=O) groups excluding carboxylic acids is 14. The van der Waals surface area contributed by atoms with Crippen LogP contribution in [-0.2, 0) is 67.1 Å². The summed E-state index contributed by atoms with van der Waals surface area (Å²) < 4.78 is 0. The number of ketones is 8. The third-order valence-corrected chi connectivity index (χ3v) is 17.4. The number of Topliss-reactive ketones (excluding diaryl/α,β-unsaturated/α-hetero) is 8. The number of primary amides is 1. The first kappa shape index (κ1) is 94.0. The summed E-state index contributed by atoms with van der Waals surface area (Å²) in [6.45, 7) is 4.48. The van der Waals surface area contributed by atoms with Crippen molar-refractivity contribution >= 4 is 81.7 Å². The minimum atomic E-state index is -0.502. The van der Waals surface area contributed by atoms with Crippen LogP contribution in [0.25, 0.3) is 0 Å². The van der Waals surface area contributed by atoms with Crippen LogP contribution >= 0.6 is 0 Å². The normalized spacial score (nSPS) is 11.9. The zero-order valence-electron chi connectivity index (χ0n) is 60.3. The molecular formula is C73H133N11O14. The van der Waals surface area contributed by atoms with Gasteiger partial charge >= 0.3 is 0 Å². The highest BCUT2D eigenvalue weighted by atomic mass is 16.2. The lowest BCUT2D eigenvalue weighted by Gasteiger charge is -2.18. The first-order valence-corrected chi connectivity index (χ1v) is 37.4. The Labute approximate surface area is 586 Å². The van der Waals surface area contributed by atoms with E-state index < -0.39 is 17.7 Å². The topological polar surface area (TPSA) is 455 Å². The molecule has 0 fully saturated rings. The average Bonchev–Trinajstić information content (AvgIpc) is 1.04. The molecule has 0 aliphatic heterocycles. The minimum Gasteiger partial charge on any atom is -0.369 e.